The summed E-state index contributed by atoms with van der Waals surface area (Å²) in [5, 5.41) is -0.104. The summed E-state index contributed by atoms with van der Waals surface area (Å²) in [4.78, 5) is 0. The van der Waals surface area contributed by atoms with Crippen LogP contribution in [0, 0.1) is 0 Å². The second-order valence-electron chi connectivity index (χ2n) is 3.67. The Morgan fingerprint density at radius 2 is 1.87 bits per heavy atom. The summed E-state index contributed by atoms with van der Waals surface area (Å²) in [5.41, 5.74) is 1.22. The minimum Gasteiger partial charge on any atom is -0.410 e. The minimum atomic E-state index is -0.249. The van der Waals surface area contributed by atoms with E-state index in [1.54, 1.807) is 0 Å². The Morgan fingerprint density at radius 3 is 2.53 bits per heavy atom. The Kier molecular flexibility index (Phi) is 4.06. The van der Waals surface area contributed by atoms with E-state index in [2.05, 4.69) is 12.1 Å². The molecule has 0 bridgehead atoms. The molecule has 0 spiro atoms. The molecule has 2 rings (SSSR count). The summed E-state index contributed by atoms with van der Waals surface area (Å²) in [6, 6.07) is 10.2. The molecule has 0 radical (unpaired) electrons. The molecule has 15 heavy (non-hydrogen) atoms. The fourth-order valence-electron chi connectivity index (χ4n) is 1.65. The van der Waals surface area contributed by atoms with Crippen LogP contribution in [-0.4, -0.2) is 25.6 Å². The van der Waals surface area contributed by atoms with E-state index in [4.69, 9.17) is 20.9 Å². The first-order valence-corrected chi connectivity index (χ1v) is 5.71. The number of alkyl halides is 1. The van der Waals surface area contributed by atoms with Gasteiger partial charge < -0.3 is 9.31 Å². The van der Waals surface area contributed by atoms with Crippen LogP contribution in [0.25, 0.3) is 0 Å². The third kappa shape index (κ3) is 3.23. The molecule has 80 valence electrons. The van der Waals surface area contributed by atoms with E-state index in [0.717, 1.165) is 26.1 Å². The maximum atomic E-state index is 6.24. The van der Waals surface area contributed by atoms with Gasteiger partial charge in [-0.1, -0.05) is 30.3 Å². The molecule has 1 unspecified atom stereocenters. The molecule has 0 N–H and O–H groups in total. The van der Waals surface area contributed by atoms with Crippen LogP contribution in [0.2, 0.25) is 0 Å². The molecule has 1 fully saturated rings. The zero-order chi connectivity index (χ0) is 10.5. The summed E-state index contributed by atoms with van der Waals surface area (Å²) in [7, 11) is -0.249. The fourth-order valence-corrected chi connectivity index (χ4v) is 1.97. The van der Waals surface area contributed by atoms with Crippen LogP contribution in [0.5, 0.6) is 0 Å². The number of hydrogen-bond donors (Lipinski definition) is 0. The highest BCUT2D eigenvalue weighted by Gasteiger charge is 2.30. The Balaban J connectivity index is 1.88. The van der Waals surface area contributed by atoms with Gasteiger partial charge in [0.25, 0.3) is 0 Å². The lowest BCUT2D eigenvalue weighted by molar-refractivity contribution is 0.132. The number of hydrogen-bond acceptors (Lipinski definition) is 2. The first kappa shape index (κ1) is 11.0. The van der Waals surface area contributed by atoms with Crippen molar-refractivity contribution in [2.45, 2.75) is 18.1 Å². The highest BCUT2D eigenvalue weighted by Crippen LogP contribution is 2.15. The van der Waals surface area contributed by atoms with E-state index in [1.807, 2.05) is 18.2 Å². The highest BCUT2D eigenvalue weighted by molar-refractivity contribution is 6.59. The SMILES string of the molecule is ClC(Cc1ccccc1)B1OCCCO1. The molecule has 1 atom stereocenters. The lowest BCUT2D eigenvalue weighted by Gasteiger charge is -2.23. The van der Waals surface area contributed by atoms with Gasteiger partial charge in [0.15, 0.2) is 0 Å². The number of halogens is 1. The lowest BCUT2D eigenvalue weighted by atomic mass is 9.79. The average Bonchev–Trinajstić information content (AvgIpc) is 2.31. The molecule has 0 aliphatic carbocycles. The van der Waals surface area contributed by atoms with Crippen LogP contribution in [0.1, 0.15) is 12.0 Å². The van der Waals surface area contributed by atoms with Gasteiger partial charge in [-0.15, -0.1) is 11.6 Å². The van der Waals surface area contributed by atoms with Crippen LogP contribution in [0.4, 0.5) is 0 Å². The standard InChI is InChI=1S/C11H14BClO2/c13-11(12-14-7-4-8-15-12)9-10-5-2-1-3-6-10/h1-3,5-6,11H,4,7-9H2. The number of benzene rings is 1. The van der Waals surface area contributed by atoms with Gasteiger partial charge in [-0.3, -0.25) is 0 Å². The molecule has 1 saturated heterocycles. The van der Waals surface area contributed by atoms with Crippen molar-refractivity contribution in [2.24, 2.45) is 0 Å². The van der Waals surface area contributed by atoms with Crippen LogP contribution in [-0.2, 0) is 15.7 Å². The molecule has 4 heteroatoms. The first-order valence-electron chi connectivity index (χ1n) is 5.27. The van der Waals surface area contributed by atoms with Crippen molar-refractivity contribution >= 4 is 18.7 Å². The largest absolute Gasteiger partial charge is 0.476 e. The van der Waals surface area contributed by atoms with Gasteiger partial charge in [0.1, 0.15) is 0 Å². The zero-order valence-corrected chi connectivity index (χ0v) is 9.32. The van der Waals surface area contributed by atoms with E-state index in [0.29, 0.717) is 0 Å². The second-order valence-corrected chi connectivity index (χ2v) is 4.23. The maximum Gasteiger partial charge on any atom is 0.476 e. The van der Waals surface area contributed by atoms with Gasteiger partial charge in [-0.25, -0.2) is 0 Å². The van der Waals surface area contributed by atoms with Gasteiger partial charge in [-0.2, -0.15) is 0 Å². The predicted molar refractivity (Wildman–Crippen MR) is 62.1 cm³/mol. The third-order valence-corrected chi connectivity index (χ3v) is 2.78. The molecule has 1 aliphatic heterocycles. The molecule has 1 heterocycles. The smallest absolute Gasteiger partial charge is 0.410 e. The maximum absolute atomic E-state index is 6.24. The molecular formula is C11H14BClO2. The van der Waals surface area contributed by atoms with Crippen LogP contribution in [0.3, 0.4) is 0 Å². The van der Waals surface area contributed by atoms with E-state index >= 15 is 0 Å². The van der Waals surface area contributed by atoms with E-state index in [-0.39, 0.29) is 12.4 Å². The quantitative estimate of drug-likeness (QED) is 0.579. The Labute approximate surface area is 95.7 Å². The molecular weight excluding hydrogens is 210 g/mol. The topological polar surface area (TPSA) is 18.5 Å². The monoisotopic (exact) mass is 224 g/mol. The van der Waals surface area contributed by atoms with Crippen LogP contribution >= 0.6 is 11.6 Å². The first-order chi connectivity index (χ1) is 7.36. The van der Waals surface area contributed by atoms with Crippen molar-refractivity contribution in [2.75, 3.05) is 13.2 Å². The molecule has 1 aromatic carbocycles. The van der Waals surface area contributed by atoms with E-state index in [9.17, 15) is 0 Å². The Morgan fingerprint density at radius 1 is 1.20 bits per heavy atom. The van der Waals surface area contributed by atoms with Crippen molar-refractivity contribution in [1.29, 1.82) is 0 Å². The van der Waals surface area contributed by atoms with Gasteiger partial charge in [0.2, 0.25) is 0 Å². The van der Waals surface area contributed by atoms with Crippen molar-refractivity contribution in [1.82, 2.24) is 0 Å². The molecule has 0 saturated carbocycles. The average molecular weight is 224 g/mol. The van der Waals surface area contributed by atoms with Gasteiger partial charge in [0, 0.05) is 13.2 Å². The summed E-state index contributed by atoms with van der Waals surface area (Å²) in [6.45, 7) is 1.51. The normalized spacial score (nSPS) is 18.9. The third-order valence-electron chi connectivity index (χ3n) is 2.42. The zero-order valence-electron chi connectivity index (χ0n) is 8.56. The fraction of sp³-hybridized carbons (Fsp3) is 0.455. The lowest BCUT2D eigenvalue weighted by Crippen LogP contribution is -2.39. The minimum absolute atomic E-state index is 0.104. The van der Waals surface area contributed by atoms with E-state index < -0.39 is 0 Å². The molecule has 2 nitrogen and oxygen atoms in total. The van der Waals surface area contributed by atoms with Crippen LogP contribution in [0.15, 0.2) is 30.3 Å². The van der Waals surface area contributed by atoms with Crippen molar-refractivity contribution < 1.29 is 9.31 Å². The summed E-state index contributed by atoms with van der Waals surface area (Å²) in [6.07, 6.45) is 1.75. The summed E-state index contributed by atoms with van der Waals surface area (Å²) in [5.74, 6) is 0. The molecule has 1 aromatic rings. The Bertz CT molecular complexity index is 288. The molecule has 1 aliphatic rings. The van der Waals surface area contributed by atoms with Crippen LogP contribution < -0.4 is 0 Å². The van der Waals surface area contributed by atoms with Crippen molar-refractivity contribution in [3.8, 4) is 0 Å². The van der Waals surface area contributed by atoms with E-state index in [1.165, 1.54) is 5.56 Å². The predicted octanol–water partition coefficient (Wildman–Crippen LogP) is 2.30. The highest BCUT2D eigenvalue weighted by atomic mass is 35.5. The van der Waals surface area contributed by atoms with Gasteiger partial charge in [-0.05, 0) is 18.4 Å². The van der Waals surface area contributed by atoms with Crippen molar-refractivity contribution in [3.05, 3.63) is 35.9 Å². The number of rotatable bonds is 3. The summed E-state index contributed by atoms with van der Waals surface area (Å²) >= 11 is 6.24. The van der Waals surface area contributed by atoms with Crippen molar-refractivity contribution in [3.63, 3.8) is 0 Å². The van der Waals surface area contributed by atoms with Gasteiger partial charge in [0.05, 0.1) is 5.28 Å². The summed E-state index contributed by atoms with van der Waals surface area (Å²) < 4.78 is 10.9. The second kappa shape index (κ2) is 5.54. The molecule has 0 aromatic heterocycles. The Hall–Kier alpha value is -0.505. The molecule has 0 amide bonds. The van der Waals surface area contributed by atoms with Gasteiger partial charge >= 0.3 is 7.12 Å².